The van der Waals surface area contributed by atoms with Crippen molar-refractivity contribution in [3.63, 3.8) is 0 Å². The first-order chi connectivity index (χ1) is 10.2. The molecule has 1 fully saturated rings. The summed E-state index contributed by atoms with van der Waals surface area (Å²) in [4.78, 5) is 0. The van der Waals surface area contributed by atoms with Crippen molar-refractivity contribution in [3.8, 4) is 0 Å². The highest BCUT2D eigenvalue weighted by atomic mass is 16.4. The third kappa shape index (κ3) is 4.74. The van der Waals surface area contributed by atoms with Crippen LogP contribution in [0.3, 0.4) is 0 Å². The molecule has 0 saturated heterocycles. The highest BCUT2D eigenvalue weighted by molar-refractivity contribution is 5.98. The zero-order chi connectivity index (χ0) is 15.1. The molecule has 0 atom stereocenters. The molecule has 0 aromatic heterocycles. The number of oxime groups is 1. The smallest absolute Gasteiger partial charge is 0.170 e. The standard InChI is InChI=1S/C17H27N3O/c1-13-6-8-14(9-7-13)10-11-19-12-15-4-2-3-5-16(15)17(18)20-21/h2-5,13-14,19,21H,6-12H2,1H3,(H2,18,20). The van der Waals surface area contributed by atoms with Gasteiger partial charge in [0.15, 0.2) is 5.84 Å². The molecule has 4 nitrogen and oxygen atoms in total. The van der Waals surface area contributed by atoms with Gasteiger partial charge in [0.25, 0.3) is 0 Å². The molecule has 1 aromatic carbocycles. The Balaban J connectivity index is 1.76. The summed E-state index contributed by atoms with van der Waals surface area (Å²) in [6.45, 7) is 4.15. The lowest BCUT2D eigenvalue weighted by Gasteiger charge is -2.26. The molecular weight excluding hydrogens is 262 g/mol. The van der Waals surface area contributed by atoms with E-state index >= 15 is 0 Å². The van der Waals surface area contributed by atoms with Crippen LogP contribution in [0.5, 0.6) is 0 Å². The zero-order valence-corrected chi connectivity index (χ0v) is 12.9. The quantitative estimate of drug-likeness (QED) is 0.248. The minimum atomic E-state index is 0.175. The predicted octanol–water partition coefficient (Wildman–Crippen LogP) is 3.09. The summed E-state index contributed by atoms with van der Waals surface area (Å²) in [5.41, 5.74) is 7.58. The number of nitrogens with two attached hydrogens (primary N) is 1. The molecule has 116 valence electrons. The van der Waals surface area contributed by atoms with Crippen LogP contribution in [0, 0.1) is 11.8 Å². The normalized spacial score (nSPS) is 23.2. The number of nitrogens with one attached hydrogen (secondary N) is 1. The Morgan fingerprint density at radius 3 is 2.71 bits per heavy atom. The highest BCUT2D eigenvalue weighted by Gasteiger charge is 2.17. The number of nitrogens with zero attached hydrogens (tertiary/aromatic N) is 1. The molecule has 21 heavy (non-hydrogen) atoms. The van der Waals surface area contributed by atoms with Gasteiger partial charge in [-0.1, -0.05) is 62.0 Å². The third-order valence-electron chi connectivity index (χ3n) is 4.58. The van der Waals surface area contributed by atoms with Gasteiger partial charge in [0.2, 0.25) is 0 Å². The summed E-state index contributed by atoms with van der Waals surface area (Å²) in [7, 11) is 0. The van der Waals surface area contributed by atoms with Crippen LogP contribution in [0.2, 0.25) is 0 Å². The summed E-state index contributed by atoms with van der Waals surface area (Å²) >= 11 is 0. The van der Waals surface area contributed by atoms with Crippen molar-refractivity contribution in [3.05, 3.63) is 35.4 Å². The van der Waals surface area contributed by atoms with Crippen LogP contribution in [-0.2, 0) is 6.54 Å². The number of rotatable bonds is 6. The molecule has 0 unspecified atom stereocenters. The third-order valence-corrected chi connectivity index (χ3v) is 4.58. The summed E-state index contributed by atoms with van der Waals surface area (Å²) in [6.07, 6.45) is 6.78. The van der Waals surface area contributed by atoms with Gasteiger partial charge in [-0.3, -0.25) is 0 Å². The van der Waals surface area contributed by atoms with E-state index in [9.17, 15) is 0 Å². The lowest BCUT2D eigenvalue weighted by Crippen LogP contribution is -2.23. The van der Waals surface area contributed by atoms with Crippen molar-refractivity contribution in [2.75, 3.05) is 6.54 Å². The monoisotopic (exact) mass is 289 g/mol. The van der Waals surface area contributed by atoms with E-state index in [-0.39, 0.29) is 5.84 Å². The number of hydrogen-bond acceptors (Lipinski definition) is 3. The van der Waals surface area contributed by atoms with Crippen molar-refractivity contribution in [1.29, 1.82) is 0 Å². The molecule has 1 aliphatic rings. The molecule has 0 spiro atoms. The van der Waals surface area contributed by atoms with Crippen LogP contribution >= 0.6 is 0 Å². The lowest BCUT2D eigenvalue weighted by molar-refractivity contribution is 0.275. The molecule has 4 N–H and O–H groups in total. The van der Waals surface area contributed by atoms with Gasteiger partial charge in [0, 0.05) is 12.1 Å². The number of benzene rings is 1. The average molecular weight is 289 g/mol. The molecule has 0 amide bonds. The first kappa shape index (κ1) is 15.8. The van der Waals surface area contributed by atoms with Gasteiger partial charge in [0.05, 0.1) is 0 Å². The first-order valence-corrected chi connectivity index (χ1v) is 7.97. The van der Waals surface area contributed by atoms with Gasteiger partial charge in [-0.05, 0) is 30.4 Å². The van der Waals surface area contributed by atoms with Gasteiger partial charge in [-0.15, -0.1) is 0 Å². The van der Waals surface area contributed by atoms with Crippen molar-refractivity contribution >= 4 is 5.84 Å². The Morgan fingerprint density at radius 2 is 2.00 bits per heavy atom. The van der Waals surface area contributed by atoms with Crippen LogP contribution < -0.4 is 11.1 Å². The maximum absolute atomic E-state index is 8.82. The van der Waals surface area contributed by atoms with Gasteiger partial charge in [-0.25, -0.2) is 0 Å². The van der Waals surface area contributed by atoms with E-state index in [0.717, 1.165) is 36.1 Å². The maximum atomic E-state index is 8.82. The van der Waals surface area contributed by atoms with Crippen molar-refractivity contribution in [2.45, 2.75) is 45.6 Å². The van der Waals surface area contributed by atoms with E-state index in [1.807, 2.05) is 24.3 Å². The summed E-state index contributed by atoms with van der Waals surface area (Å²) in [6, 6.07) is 7.78. The Hall–Kier alpha value is -1.55. The maximum Gasteiger partial charge on any atom is 0.170 e. The molecule has 1 aromatic rings. The van der Waals surface area contributed by atoms with Crippen LogP contribution in [-0.4, -0.2) is 17.6 Å². The fourth-order valence-corrected chi connectivity index (χ4v) is 3.13. The molecule has 4 heteroatoms. The van der Waals surface area contributed by atoms with Crippen LogP contribution in [0.1, 0.15) is 50.2 Å². The Morgan fingerprint density at radius 1 is 1.29 bits per heavy atom. The van der Waals surface area contributed by atoms with Crippen LogP contribution in [0.25, 0.3) is 0 Å². The van der Waals surface area contributed by atoms with Gasteiger partial charge in [0.1, 0.15) is 0 Å². The van der Waals surface area contributed by atoms with E-state index in [0.29, 0.717) is 0 Å². The molecule has 1 aliphatic carbocycles. The van der Waals surface area contributed by atoms with Gasteiger partial charge < -0.3 is 16.3 Å². The molecular formula is C17H27N3O. The second-order valence-electron chi connectivity index (χ2n) is 6.23. The largest absolute Gasteiger partial charge is 0.409 e. The minimum Gasteiger partial charge on any atom is -0.409 e. The van der Waals surface area contributed by atoms with E-state index in [2.05, 4.69) is 17.4 Å². The zero-order valence-electron chi connectivity index (χ0n) is 12.9. The first-order valence-electron chi connectivity index (χ1n) is 7.97. The van der Waals surface area contributed by atoms with E-state index in [1.165, 1.54) is 32.1 Å². The summed E-state index contributed by atoms with van der Waals surface area (Å²) in [5.74, 6) is 1.98. The predicted molar refractivity (Wildman–Crippen MR) is 86.4 cm³/mol. The fraction of sp³-hybridized carbons (Fsp3) is 0.588. The molecule has 1 saturated carbocycles. The molecule has 0 heterocycles. The van der Waals surface area contributed by atoms with Crippen LogP contribution in [0.4, 0.5) is 0 Å². The van der Waals surface area contributed by atoms with E-state index < -0.39 is 0 Å². The second-order valence-corrected chi connectivity index (χ2v) is 6.23. The van der Waals surface area contributed by atoms with Crippen LogP contribution in [0.15, 0.2) is 29.4 Å². The van der Waals surface area contributed by atoms with Crippen molar-refractivity contribution in [1.82, 2.24) is 5.32 Å². The fourth-order valence-electron chi connectivity index (χ4n) is 3.13. The molecule has 0 radical (unpaired) electrons. The number of hydrogen-bond donors (Lipinski definition) is 3. The number of amidine groups is 1. The van der Waals surface area contributed by atoms with E-state index in [4.69, 9.17) is 10.9 Å². The Labute approximate surface area is 127 Å². The SMILES string of the molecule is CC1CCC(CCNCc2ccccc2C(N)=NO)CC1. The Bertz CT molecular complexity index is 465. The lowest BCUT2D eigenvalue weighted by atomic mass is 9.81. The van der Waals surface area contributed by atoms with Gasteiger partial charge >= 0.3 is 0 Å². The topological polar surface area (TPSA) is 70.6 Å². The second kappa shape index (κ2) is 8.03. The minimum absolute atomic E-state index is 0.175. The van der Waals surface area contributed by atoms with Crippen molar-refractivity contribution < 1.29 is 5.21 Å². The van der Waals surface area contributed by atoms with E-state index in [1.54, 1.807) is 0 Å². The molecule has 0 bridgehead atoms. The molecule has 0 aliphatic heterocycles. The summed E-state index contributed by atoms with van der Waals surface area (Å²) < 4.78 is 0. The Kier molecular flexibility index (Phi) is 6.05. The molecule has 2 rings (SSSR count). The van der Waals surface area contributed by atoms with Crippen molar-refractivity contribution in [2.24, 2.45) is 22.7 Å². The summed E-state index contributed by atoms with van der Waals surface area (Å²) in [5, 5.41) is 15.4. The highest BCUT2D eigenvalue weighted by Crippen LogP contribution is 2.29. The van der Waals surface area contributed by atoms with Gasteiger partial charge in [-0.2, -0.15) is 0 Å². The average Bonchev–Trinajstić information content (AvgIpc) is 2.53.